The van der Waals surface area contributed by atoms with E-state index in [0.717, 1.165) is 29.3 Å². The third-order valence-corrected chi connectivity index (χ3v) is 7.11. The summed E-state index contributed by atoms with van der Waals surface area (Å²) >= 11 is 7.05. The van der Waals surface area contributed by atoms with Crippen LogP contribution in [0, 0.1) is 11.3 Å². The summed E-state index contributed by atoms with van der Waals surface area (Å²) in [4.78, 5) is 6.89. The van der Waals surface area contributed by atoms with Crippen molar-refractivity contribution in [1.29, 1.82) is 0 Å². The summed E-state index contributed by atoms with van der Waals surface area (Å²) in [5.74, 6) is 0.523. The molecule has 2 aromatic carbocycles. The average molecular weight is 428 g/mol. The quantitative estimate of drug-likeness (QED) is 0.498. The molecule has 1 aliphatic carbocycles. The van der Waals surface area contributed by atoms with Crippen LogP contribution in [0.15, 0.2) is 77.0 Å². The van der Waals surface area contributed by atoms with Crippen LogP contribution in [0.5, 0.6) is 0 Å². The Labute approximate surface area is 189 Å². The summed E-state index contributed by atoms with van der Waals surface area (Å²) in [6.45, 7) is 7.00. The van der Waals surface area contributed by atoms with Crippen molar-refractivity contribution in [2.24, 2.45) is 11.3 Å². The molecule has 3 heteroatoms. The molecule has 0 amide bonds. The molecule has 0 saturated heterocycles. The topological polar surface area (TPSA) is 29.8 Å². The molecule has 31 heavy (non-hydrogen) atoms. The van der Waals surface area contributed by atoms with Crippen LogP contribution in [0.3, 0.4) is 0 Å². The van der Waals surface area contributed by atoms with Crippen molar-refractivity contribution in [1.82, 2.24) is 4.98 Å². The van der Waals surface area contributed by atoms with Gasteiger partial charge < -0.3 is 4.98 Å². The summed E-state index contributed by atoms with van der Waals surface area (Å²) in [7, 11) is 0. The van der Waals surface area contributed by atoms with Gasteiger partial charge in [-0.15, -0.1) is 0 Å². The molecule has 2 aliphatic rings. The minimum absolute atomic E-state index is 0.200. The molecule has 2 N–H and O–H groups in total. The largest absolute Gasteiger partial charge is 0.361 e. The zero-order chi connectivity index (χ0) is 21.6. The molecule has 2 nitrogen and oxygen atoms in total. The molecule has 5 rings (SSSR count). The summed E-state index contributed by atoms with van der Waals surface area (Å²) < 4.78 is 0. The summed E-state index contributed by atoms with van der Waals surface area (Å²) in [5.41, 5.74) is 7.34. The first-order valence-electron chi connectivity index (χ1n) is 11.0. The van der Waals surface area contributed by atoms with Gasteiger partial charge >= 0.3 is 0 Å². The van der Waals surface area contributed by atoms with Crippen molar-refractivity contribution >= 4 is 40.4 Å². The number of nitrogens with one attached hydrogen (secondary N) is 2. The summed E-state index contributed by atoms with van der Waals surface area (Å²) in [6.07, 6.45) is 10.6. The van der Waals surface area contributed by atoms with Gasteiger partial charge in [0.25, 0.3) is 0 Å². The van der Waals surface area contributed by atoms with E-state index in [1.54, 1.807) is 0 Å². The third-order valence-electron chi connectivity index (χ3n) is 6.63. The van der Waals surface area contributed by atoms with E-state index in [1.165, 1.54) is 33.0 Å². The van der Waals surface area contributed by atoms with Crippen LogP contribution >= 0.6 is 11.6 Å². The molecule has 1 aromatic heterocycles. The molecule has 1 unspecified atom stereocenters. The van der Waals surface area contributed by atoms with Crippen molar-refractivity contribution in [3.63, 3.8) is 0 Å². The normalized spacial score (nSPS) is 21.5. The monoisotopic (exact) mass is 427 g/mol. The van der Waals surface area contributed by atoms with Crippen LogP contribution in [-0.2, 0) is 0 Å². The van der Waals surface area contributed by atoms with E-state index < -0.39 is 0 Å². The Morgan fingerprint density at radius 3 is 2.61 bits per heavy atom. The predicted octanol–water partition coefficient (Wildman–Crippen LogP) is 6.05. The second kappa shape index (κ2) is 7.69. The van der Waals surface area contributed by atoms with E-state index in [2.05, 4.69) is 104 Å². The lowest BCUT2D eigenvalue weighted by Gasteiger charge is -2.35. The Morgan fingerprint density at radius 2 is 1.77 bits per heavy atom. The van der Waals surface area contributed by atoms with Crippen molar-refractivity contribution in [2.45, 2.75) is 33.6 Å². The fourth-order valence-electron chi connectivity index (χ4n) is 4.64. The Hall–Kier alpha value is -2.84. The molecule has 0 radical (unpaired) electrons. The molecule has 0 saturated carbocycles. The van der Waals surface area contributed by atoms with Gasteiger partial charge in [0.05, 0.1) is 11.1 Å². The van der Waals surface area contributed by atoms with E-state index >= 15 is 0 Å². The van der Waals surface area contributed by atoms with Crippen molar-refractivity contribution in [3.05, 3.63) is 93.8 Å². The Bertz CT molecular complexity index is 1280. The molecular formula is C28H28ClN2+. The van der Waals surface area contributed by atoms with E-state index in [1.807, 2.05) is 0 Å². The second-order valence-corrected chi connectivity index (χ2v) is 10.1. The molecule has 0 bridgehead atoms. The smallest absolute Gasteiger partial charge is 0.211 e. The molecule has 2 heterocycles. The van der Waals surface area contributed by atoms with E-state index in [4.69, 9.17) is 11.6 Å². The Kier molecular flexibility index (Phi) is 4.98. The molecule has 3 aromatic rings. The van der Waals surface area contributed by atoms with Crippen LogP contribution in [0.1, 0.15) is 50.4 Å². The highest BCUT2D eigenvalue weighted by atomic mass is 35.5. The first kappa shape index (κ1) is 20.1. The van der Waals surface area contributed by atoms with Gasteiger partial charge in [0.1, 0.15) is 0 Å². The maximum Gasteiger partial charge on any atom is 0.211 e. The van der Waals surface area contributed by atoms with Gasteiger partial charge in [-0.2, -0.15) is 0 Å². The fraction of sp³-hybridized carbons (Fsp3) is 0.250. The molecular weight excluding hydrogens is 400 g/mol. The molecule has 0 spiro atoms. The second-order valence-electron chi connectivity index (χ2n) is 9.70. The van der Waals surface area contributed by atoms with Crippen molar-refractivity contribution < 1.29 is 4.99 Å². The van der Waals surface area contributed by atoms with Crippen LogP contribution in [0.2, 0.25) is 0 Å². The SMILES string of the molecule is CC(C)(C)C1CC(=Cc2[nH]cc3ccccc23)C(Cl)=C(C=C2[NH+]=Cc3ccccc32)C1. The van der Waals surface area contributed by atoms with Crippen LogP contribution in [-0.4, -0.2) is 11.2 Å². The maximum atomic E-state index is 7.05. The predicted molar refractivity (Wildman–Crippen MR) is 132 cm³/mol. The van der Waals surface area contributed by atoms with Gasteiger partial charge in [-0.05, 0) is 58.9 Å². The average Bonchev–Trinajstić information content (AvgIpc) is 3.35. The zero-order valence-corrected chi connectivity index (χ0v) is 19.1. The first-order chi connectivity index (χ1) is 14.9. The van der Waals surface area contributed by atoms with E-state index in [-0.39, 0.29) is 5.41 Å². The van der Waals surface area contributed by atoms with Crippen LogP contribution in [0.4, 0.5) is 0 Å². The number of halogens is 1. The van der Waals surface area contributed by atoms with E-state index in [0.29, 0.717) is 5.92 Å². The lowest BCUT2D eigenvalue weighted by molar-refractivity contribution is -0.332. The summed E-state index contributed by atoms with van der Waals surface area (Å²) in [5, 5.41) is 3.35. The van der Waals surface area contributed by atoms with Gasteiger partial charge in [-0.1, -0.05) is 68.8 Å². The molecule has 156 valence electrons. The van der Waals surface area contributed by atoms with Gasteiger partial charge in [0, 0.05) is 28.4 Å². The van der Waals surface area contributed by atoms with Crippen LogP contribution < -0.4 is 4.99 Å². The highest BCUT2D eigenvalue weighted by Crippen LogP contribution is 2.45. The first-order valence-corrected chi connectivity index (χ1v) is 11.3. The van der Waals surface area contributed by atoms with Gasteiger partial charge in [-0.25, -0.2) is 4.99 Å². The molecule has 1 atom stereocenters. The number of aromatic nitrogens is 1. The number of H-pyrrole nitrogens is 1. The lowest BCUT2D eigenvalue weighted by atomic mass is 9.70. The Balaban J connectivity index is 1.61. The fourth-order valence-corrected chi connectivity index (χ4v) is 4.90. The maximum absolute atomic E-state index is 7.05. The van der Waals surface area contributed by atoms with Gasteiger partial charge in [-0.3, -0.25) is 0 Å². The van der Waals surface area contributed by atoms with E-state index in [9.17, 15) is 0 Å². The highest BCUT2D eigenvalue weighted by molar-refractivity contribution is 6.33. The van der Waals surface area contributed by atoms with Gasteiger partial charge in [0.15, 0.2) is 6.21 Å². The van der Waals surface area contributed by atoms with Crippen LogP contribution in [0.25, 0.3) is 22.5 Å². The zero-order valence-electron chi connectivity index (χ0n) is 18.3. The standard InChI is InChI=1S/C28H27ClN2/c1-28(2,3)22-12-20(14-25-23-10-6-4-8-18(23)16-30-25)27(29)21(13-22)15-26-24-11-7-5-9-19(24)17-31-26/h4-11,14-17,22,30H,12-13H2,1-3H3/p+1. The Morgan fingerprint density at radius 1 is 1.00 bits per heavy atom. The van der Waals surface area contributed by atoms with Crippen molar-refractivity contribution in [2.75, 3.05) is 0 Å². The lowest BCUT2D eigenvalue weighted by Crippen LogP contribution is -2.62. The number of benzene rings is 2. The minimum atomic E-state index is 0.200. The molecule has 0 fully saturated rings. The number of hydrogen-bond acceptors (Lipinski definition) is 0. The number of fused-ring (bicyclic) bond motifs is 2. The van der Waals surface area contributed by atoms with Gasteiger partial charge in [0.2, 0.25) is 5.70 Å². The number of hydrogen-bond donors (Lipinski definition) is 2. The minimum Gasteiger partial charge on any atom is -0.361 e. The van der Waals surface area contributed by atoms with Crippen molar-refractivity contribution in [3.8, 4) is 0 Å². The summed E-state index contributed by atoms with van der Waals surface area (Å²) in [6, 6.07) is 16.9. The number of rotatable bonds is 2. The highest BCUT2D eigenvalue weighted by Gasteiger charge is 2.32. The molecule has 1 aliphatic heterocycles. The third kappa shape index (κ3) is 3.81. The number of aromatic amines is 1. The number of allylic oxidation sites excluding steroid dienone is 4.